The smallest absolute Gasteiger partial charge is 0.250 e. The van der Waals surface area contributed by atoms with Crippen molar-refractivity contribution in [3.63, 3.8) is 0 Å². The summed E-state index contributed by atoms with van der Waals surface area (Å²) in [5, 5.41) is 6.76. The van der Waals surface area contributed by atoms with E-state index in [9.17, 15) is 4.79 Å². The van der Waals surface area contributed by atoms with Gasteiger partial charge in [-0.15, -0.1) is 0 Å². The molecule has 0 unspecified atom stereocenters. The predicted molar refractivity (Wildman–Crippen MR) is 89.7 cm³/mol. The zero-order chi connectivity index (χ0) is 16.9. The van der Waals surface area contributed by atoms with Gasteiger partial charge in [-0.2, -0.15) is 4.98 Å². The highest BCUT2D eigenvalue weighted by Gasteiger charge is 2.29. The molecule has 1 aliphatic carbocycles. The molecule has 6 heteroatoms. The fourth-order valence-electron chi connectivity index (χ4n) is 2.23. The highest BCUT2D eigenvalue weighted by atomic mass is 16.5. The summed E-state index contributed by atoms with van der Waals surface area (Å²) >= 11 is 0. The van der Waals surface area contributed by atoms with Gasteiger partial charge in [0.1, 0.15) is 5.75 Å². The third-order valence-electron chi connectivity index (χ3n) is 3.76. The summed E-state index contributed by atoms with van der Waals surface area (Å²) in [6.07, 6.45) is 4.99. The van der Waals surface area contributed by atoms with E-state index in [1.54, 1.807) is 31.2 Å². The summed E-state index contributed by atoms with van der Waals surface area (Å²) in [5.74, 6) is 2.30. The standard InChI is InChI=1S/C18H21N3O3/c1-3-4-12(2)17(22)19-14-7-9-15(10-8-14)23-11-16-20-18(24-21-16)13-5-6-13/h4,7-10,13H,3,5-6,11H2,1-2H3,(H,19,22)/b12-4-. The van der Waals surface area contributed by atoms with Gasteiger partial charge in [0.15, 0.2) is 6.61 Å². The fourth-order valence-corrected chi connectivity index (χ4v) is 2.23. The van der Waals surface area contributed by atoms with Gasteiger partial charge in [-0.25, -0.2) is 0 Å². The van der Waals surface area contributed by atoms with Gasteiger partial charge < -0.3 is 14.6 Å². The highest BCUT2D eigenvalue weighted by molar-refractivity contribution is 6.03. The van der Waals surface area contributed by atoms with Crippen molar-refractivity contribution in [2.45, 2.75) is 45.6 Å². The largest absolute Gasteiger partial charge is 0.485 e. The lowest BCUT2D eigenvalue weighted by Gasteiger charge is -2.07. The average molecular weight is 327 g/mol. The zero-order valence-electron chi connectivity index (χ0n) is 13.9. The lowest BCUT2D eigenvalue weighted by atomic mass is 10.2. The molecule has 1 heterocycles. The molecule has 1 aromatic heterocycles. The van der Waals surface area contributed by atoms with Crippen LogP contribution in [0.25, 0.3) is 0 Å². The lowest BCUT2D eigenvalue weighted by molar-refractivity contribution is -0.112. The summed E-state index contributed by atoms with van der Waals surface area (Å²) in [7, 11) is 0. The Bertz CT molecular complexity index is 730. The van der Waals surface area contributed by atoms with Crippen molar-refractivity contribution in [3.05, 3.63) is 47.6 Å². The molecule has 0 saturated heterocycles. The zero-order valence-corrected chi connectivity index (χ0v) is 13.9. The van der Waals surface area contributed by atoms with Gasteiger partial charge in [-0.1, -0.05) is 18.2 Å². The van der Waals surface area contributed by atoms with E-state index < -0.39 is 0 Å². The predicted octanol–water partition coefficient (Wildman–Crippen LogP) is 3.82. The van der Waals surface area contributed by atoms with Crippen molar-refractivity contribution in [2.24, 2.45) is 0 Å². The number of ether oxygens (including phenoxy) is 1. The summed E-state index contributed by atoms with van der Waals surface area (Å²) in [4.78, 5) is 16.2. The lowest BCUT2D eigenvalue weighted by Crippen LogP contribution is -2.12. The second-order valence-corrected chi connectivity index (χ2v) is 5.89. The van der Waals surface area contributed by atoms with Gasteiger partial charge in [0.05, 0.1) is 0 Å². The molecule has 1 fully saturated rings. The van der Waals surface area contributed by atoms with Crippen molar-refractivity contribution in [2.75, 3.05) is 5.32 Å². The summed E-state index contributed by atoms with van der Waals surface area (Å²) < 4.78 is 10.8. The Balaban J connectivity index is 1.52. The van der Waals surface area contributed by atoms with Crippen LogP contribution >= 0.6 is 0 Å². The van der Waals surface area contributed by atoms with Crippen LogP contribution in [0.15, 0.2) is 40.4 Å². The molecule has 1 amide bonds. The minimum atomic E-state index is -0.0927. The van der Waals surface area contributed by atoms with Crippen LogP contribution in [0.4, 0.5) is 5.69 Å². The van der Waals surface area contributed by atoms with Gasteiger partial charge in [0.25, 0.3) is 5.91 Å². The maximum atomic E-state index is 11.9. The Morgan fingerprint density at radius 3 is 2.79 bits per heavy atom. The normalized spacial score (nSPS) is 14.5. The van der Waals surface area contributed by atoms with E-state index in [-0.39, 0.29) is 12.5 Å². The molecule has 3 rings (SSSR count). The van der Waals surface area contributed by atoms with E-state index in [1.165, 1.54) is 0 Å². The topological polar surface area (TPSA) is 77.2 Å². The van der Waals surface area contributed by atoms with Gasteiger partial charge >= 0.3 is 0 Å². The molecule has 0 atom stereocenters. The maximum absolute atomic E-state index is 11.9. The van der Waals surface area contributed by atoms with E-state index in [0.29, 0.717) is 29.0 Å². The van der Waals surface area contributed by atoms with E-state index in [2.05, 4.69) is 15.5 Å². The number of anilines is 1. The number of nitrogens with zero attached hydrogens (tertiary/aromatic N) is 2. The highest BCUT2D eigenvalue weighted by Crippen LogP contribution is 2.38. The molecule has 2 aromatic rings. The fraction of sp³-hybridized carbons (Fsp3) is 0.389. The number of amides is 1. The molecule has 1 aromatic carbocycles. The van der Waals surface area contributed by atoms with Crippen LogP contribution in [-0.4, -0.2) is 16.0 Å². The first kappa shape index (κ1) is 16.2. The van der Waals surface area contributed by atoms with Crippen LogP contribution in [-0.2, 0) is 11.4 Å². The van der Waals surface area contributed by atoms with Gasteiger partial charge in [-0.3, -0.25) is 4.79 Å². The van der Waals surface area contributed by atoms with Crippen LogP contribution in [0.2, 0.25) is 0 Å². The quantitative estimate of drug-likeness (QED) is 0.782. The van der Waals surface area contributed by atoms with E-state index in [1.807, 2.05) is 13.0 Å². The number of allylic oxidation sites excluding steroid dienone is 1. The van der Waals surface area contributed by atoms with Gasteiger partial charge in [0, 0.05) is 17.2 Å². The average Bonchev–Trinajstić information content (AvgIpc) is 3.33. The number of carbonyl (C=O) groups excluding carboxylic acids is 1. The molecule has 6 nitrogen and oxygen atoms in total. The minimum Gasteiger partial charge on any atom is -0.485 e. The van der Waals surface area contributed by atoms with Crippen LogP contribution in [0, 0.1) is 0 Å². The summed E-state index contributed by atoms with van der Waals surface area (Å²) in [6, 6.07) is 7.21. The van der Waals surface area contributed by atoms with Gasteiger partial charge in [-0.05, 0) is 50.5 Å². The molecule has 0 aliphatic heterocycles. The van der Waals surface area contributed by atoms with Crippen molar-refractivity contribution in [3.8, 4) is 5.75 Å². The third-order valence-corrected chi connectivity index (χ3v) is 3.76. The van der Waals surface area contributed by atoms with Crippen LogP contribution in [0.5, 0.6) is 5.75 Å². The molecule has 0 radical (unpaired) electrons. The number of rotatable bonds is 7. The molecule has 0 spiro atoms. The van der Waals surface area contributed by atoms with Crippen molar-refractivity contribution in [1.82, 2.24) is 10.1 Å². The van der Waals surface area contributed by atoms with E-state index >= 15 is 0 Å². The summed E-state index contributed by atoms with van der Waals surface area (Å²) in [6.45, 7) is 4.07. The Kier molecular flexibility index (Phi) is 4.93. The SMILES string of the molecule is CC/C=C(/C)C(=O)Nc1ccc(OCc2noc(C3CC3)n2)cc1. The van der Waals surface area contributed by atoms with Crippen LogP contribution in [0.3, 0.4) is 0 Å². The molecule has 126 valence electrons. The van der Waals surface area contributed by atoms with Crippen molar-refractivity contribution < 1.29 is 14.1 Å². The van der Waals surface area contributed by atoms with Crippen molar-refractivity contribution >= 4 is 11.6 Å². The monoisotopic (exact) mass is 327 g/mol. The van der Waals surface area contributed by atoms with Crippen LogP contribution < -0.4 is 10.1 Å². The summed E-state index contributed by atoms with van der Waals surface area (Å²) in [5.41, 5.74) is 1.44. The molecular formula is C18H21N3O3. The molecule has 0 bridgehead atoms. The maximum Gasteiger partial charge on any atom is 0.250 e. The molecule has 24 heavy (non-hydrogen) atoms. The number of nitrogens with one attached hydrogen (secondary N) is 1. The first-order valence-corrected chi connectivity index (χ1v) is 8.19. The number of hydrogen-bond acceptors (Lipinski definition) is 5. The number of benzene rings is 1. The third kappa shape index (κ3) is 4.22. The molecule has 1 aliphatic rings. The Labute approximate surface area is 140 Å². The number of carbonyl (C=O) groups is 1. The van der Waals surface area contributed by atoms with E-state index in [4.69, 9.17) is 9.26 Å². The molecule has 1 N–H and O–H groups in total. The first-order chi connectivity index (χ1) is 11.7. The second kappa shape index (κ2) is 7.29. The Morgan fingerprint density at radius 1 is 1.38 bits per heavy atom. The first-order valence-electron chi connectivity index (χ1n) is 8.19. The number of hydrogen-bond donors (Lipinski definition) is 1. The van der Waals surface area contributed by atoms with Crippen molar-refractivity contribution in [1.29, 1.82) is 0 Å². The molecular weight excluding hydrogens is 306 g/mol. The van der Waals surface area contributed by atoms with Gasteiger partial charge in [0.2, 0.25) is 11.7 Å². The Hall–Kier alpha value is -2.63. The minimum absolute atomic E-state index is 0.0927. The second-order valence-electron chi connectivity index (χ2n) is 5.89. The van der Waals surface area contributed by atoms with Crippen LogP contribution in [0.1, 0.15) is 50.7 Å². The number of aromatic nitrogens is 2. The van der Waals surface area contributed by atoms with E-state index in [0.717, 1.165) is 24.9 Å². The Morgan fingerprint density at radius 2 is 2.12 bits per heavy atom. The molecule has 1 saturated carbocycles.